The molecule has 0 saturated carbocycles. The fourth-order valence-corrected chi connectivity index (χ4v) is 5.24. The lowest BCUT2D eigenvalue weighted by molar-refractivity contribution is 0.0946. The quantitative estimate of drug-likeness (QED) is 0.594. The lowest BCUT2D eigenvalue weighted by Gasteiger charge is -2.42. The summed E-state index contributed by atoms with van der Waals surface area (Å²) >= 11 is 0. The van der Waals surface area contributed by atoms with E-state index in [1.54, 1.807) is 12.3 Å². The molecule has 1 fully saturated rings. The molecule has 2 aliphatic heterocycles. The lowest BCUT2D eigenvalue weighted by Crippen LogP contribution is -2.53. The Morgan fingerprint density at radius 1 is 1.06 bits per heavy atom. The summed E-state index contributed by atoms with van der Waals surface area (Å²) in [6.45, 7) is 7.81. The van der Waals surface area contributed by atoms with Gasteiger partial charge in [-0.05, 0) is 60.8 Å². The van der Waals surface area contributed by atoms with E-state index in [0.717, 1.165) is 48.4 Å². The fraction of sp³-hybridized carbons (Fsp3) is 0.357. The van der Waals surface area contributed by atoms with E-state index in [9.17, 15) is 4.79 Å². The Hall–Kier alpha value is -3.45. The molecule has 1 amide bonds. The summed E-state index contributed by atoms with van der Waals surface area (Å²) in [4.78, 5) is 21.1. The number of fused-ring (bicyclic) bond motifs is 1. The van der Waals surface area contributed by atoms with Gasteiger partial charge in [0.25, 0.3) is 5.91 Å². The summed E-state index contributed by atoms with van der Waals surface area (Å²) in [5.41, 5.74) is 11.6. The zero-order valence-corrected chi connectivity index (χ0v) is 20.5. The fourth-order valence-electron chi connectivity index (χ4n) is 5.24. The van der Waals surface area contributed by atoms with E-state index in [-0.39, 0.29) is 11.7 Å². The van der Waals surface area contributed by atoms with Crippen molar-refractivity contribution >= 4 is 17.4 Å². The van der Waals surface area contributed by atoms with Crippen LogP contribution in [0.3, 0.4) is 0 Å². The van der Waals surface area contributed by atoms with Gasteiger partial charge in [-0.2, -0.15) is 0 Å². The second kappa shape index (κ2) is 9.30. The number of hydrogen-bond acceptors (Lipinski definition) is 5. The van der Waals surface area contributed by atoms with Crippen molar-refractivity contribution in [3.8, 4) is 22.3 Å². The van der Waals surface area contributed by atoms with E-state index in [0.29, 0.717) is 41.0 Å². The number of anilines is 2. The van der Waals surface area contributed by atoms with Crippen molar-refractivity contribution in [3.05, 3.63) is 65.6 Å². The van der Waals surface area contributed by atoms with Crippen LogP contribution in [0, 0.1) is 11.7 Å². The normalized spacial score (nSPS) is 18.5. The lowest BCUT2D eigenvalue weighted by atomic mass is 9.94. The summed E-state index contributed by atoms with van der Waals surface area (Å²) in [5, 5.41) is 2.86. The van der Waals surface area contributed by atoms with Crippen molar-refractivity contribution in [2.45, 2.75) is 26.3 Å². The molecular formula is C28H32FN5O. The molecule has 0 bridgehead atoms. The largest absolute Gasteiger partial charge is 0.383 e. The monoisotopic (exact) mass is 473 g/mol. The Morgan fingerprint density at radius 3 is 2.63 bits per heavy atom. The molecule has 1 aromatic heterocycles. The first-order valence-electron chi connectivity index (χ1n) is 12.2. The number of benzene rings is 2. The van der Waals surface area contributed by atoms with Crippen LogP contribution in [-0.4, -0.2) is 55.1 Å². The van der Waals surface area contributed by atoms with Crippen LogP contribution >= 0.6 is 0 Å². The highest BCUT2D eigenvalue weighted by atomic mass is 19.1. The molecular weight excluding hydrogens is 441 g/mol. The van der Waals surface area contributed by atoms with Crippen LogP contribution in [0.1, 0.15) is 29.8 Å². The highest BCUT2D eigenvalue weighted by Gasteiger charge is 2.27. The number of rotatable bonds is 4. The topological polar surface area (TPSA) is 74.5 Å². The van der Waals surface area contributed by atoms with E-state index < -0.39 is 0 Å². The number of piperazine rings is 1. The van der Waals surface area contributed by atoms with Gasteiger partial charge in [0.05, 0.1) is 0 Å². The molecule has 3 heterocycles. The second-order valence-corrected chi connectivity index (χ2v) is 9.94. The number of amides is 1. The Morgan fingerprint density at radius 2 is 1.86 bits per heavy atom. The molecule has 7 heteroatoms. The van der Waals surface area contributed by atoms with E-state index >= 15 is 4.39 Å². The first-order chi connectivity index (χ1) is 16.8. The van der Waals surface area contributed by atoms with Crippen LogP contribution in [0.2, 0.25) is 0 Å². The van der Waals surface area contributed by atoms with Crippen LogP contribution in [0.5, 0.6) is 0 Å². The predicted octanol–water partition coefficient (Wildman–Crippen LogP) is 4.20. The third-order valence-electron chi connectivity index (χ3n) is 7.35. The Labute approximate surface area is 206 Å². The summed E-state index contributed by atoms with van der Waals surface area (Å²) in [5.74, 6) is 0.578. The van der Waals surface area contributed by atoms with Crippen LogP contribution in [0.4, 0.5) is 15.9 Å². The maximum atomic E-state index is 15.4. The Bertz CT molecular complexity index is 1270. The molecule has 182 valence electrons. The molecule has 3 aromatic rings. The number of carbonyl (C=O) groups excluding carboxylic acids is 1. The van der Waals surface area contributed by atoms with Gasteiger partial charge in [-0.3, -0.25) is 9.69 Å². The highest BCUT2D eigenvalue weighted by molar-refractivity contribution is 5.97. The first-order valence-corrected chi connectivity index (χ1v) is 12.2. The van der Waals surface area contributed by atoms with Gasteiger partial charge in [0.1, 0.15) is 11.6 Å². The van der Waals surface area contributed by atoms with E-state index in [2.05, 4.69) is 41.0 Å². The van der Waals surface area contributed by atoms with Gasteiger partial charge in [-0.15, -0.1) is 0 Å². The van der Waals surface area contributed by atoms with Crippen LogP contribution in [0.25, 0.3) is 22.3 Å². The van der Waals surface area contributed by atoms with Gasteiger partial charge in [0.15, 0.2) is 0 Å². The maximum Gasteiger partial charge on any atom is 0.251 e. The first kappa shape index (κ1) is 23.3. The number of nitrogens with two attached hydrogens (primary N) is 1. The van der Waals surface area contributed by atoms with Gasteiger partial charge >= 0.3 is 0 Å². The number of halogens is 1. The zero-order chi connectivity index (χ0) is 24.7. The van der Waals surface area contributed by atoms with Crippen molar-refractivity contribution in [1.82, 2.24) is 15.2 Å². The summed E-state index contributed by atoms with van der Waals surface area (Å²) in [6.07, 6.45) is 2.38. The molecule has 35 heavy (non-hydrogen) atoms. The van der Waals surface area contributed by atoms with Gasteiger partial charge in [0, 0.05) is 66.4 Å². The number of carbonyl (C=O) groups is 1. The molecule has 1 saturated heterocycles. The molecule has 0 aliphatic carbocycles. The number of likely N-dealkylation sites (N-methyl/N-ethyl adjacent to an activating group) is 1. The number of pyridine rings is 1. The minimum Gasteiger partial charge on any atom is -0.383 e. The molecule has 2 aromatic carbocycles. The third kappa shape index (κ3) is 4.48. The maximum absolute atomic E-state index is 15.4. The van der Waals surface area contributed by atoms with Gasteiger partial charge in [0.2, 0.25) is 0 Å². The molecule has 3 N–H and O–H groups in total. The number of hydrogen-bond donors (Lipinski definition) is 2. The summed E-state index contributed by atoms with van der Waals surface area (Å²) in [7, 11) is 2.16. The molecule has 6 nitrogen and oxygen atoms in total. The third-order valence-corrected chi connectivity index (χ3v) is 7.35. The van der Waals surface area contributed by atoms with Crippen molar-refractivity contribution in [1.29, 1.82) is 0 Å². The summed E-state index contributed by atoms with van der Waals surface area (Å²) in [6, 6.07) is 13.5. The van der Waals surface area contributed by atoms with Gasteiger partial charge < -0.3 is 16.0 Å². The molecule has 0 spiro atoms. The number of nitrogens with zero attached hydrogens (tertiary/aromatic N) is 3. The van der Waals surface area contributed by atoms with Crippen LogP contribution < -0.4 is 16.0 Å². The number of nitrogens with one attached hydrogen (secondary N) is 1. The average Bonchev–Trinajstić information content (AvgIpc) is 2.84. The van der Waals surface area contributed by atoms with E-state index in [1.165, 1.54) is 0 Å². The van der Waals surface area contributed by atoms with Crippen LogP contribution in [-0.2, 0) is 6.42 Å². The molecule has 0 unspecified atom stereocenters. The summed E-state index contributed by atoms with van der Waals surface area (Å²) < 4.78 is 15.4. The average molecular weight is 474 g/mol. The van der Waals surface area contributed by atoms with E-state index in [1.807, 2.05) is 36.4 Å². The molecule has 0 radical (unpaired) electrons. The van der Waals surface area contributed by atoms with Gasteiger partial charge in [-0.25, -0.2) is 9.37 Å². The molecule has 2 aliphatic rings. The van der Waals surface area contributed by atoms with Crippen LogP contribution in [0.15, 0.2) is 48.7 Å². The molecule has 5 rings (SSSR count). The number of aromatic nitrogens is 1. The predicted molar refractivity (Wildman–Crippen MR) is 139 cm³/mol. The smallest absolute Gasteiger partial charge is 0.251 e. The van der Waals surface area contributed by atoms with Gasteiger partial charge in [-0.1, -0.05) is 26.0 Å². The standard InChI is InChI=1S/C28H32FN5O/c1-17(2)26-16-34(11-10-33(26)3)21-5-7-22(25(29)14-21)20-13-24(27(30)32-15-20)18-4-6-23-19(12-18)8-9-31-28(23)35/h4-7,12-15,17,26H,8-11,16H2,1-3H3,(H2,30,32)(H,31,35)/t26-/m1/s1. The van der Waals surface area contributed by atoms with Crippen molar-refractivity contribution in [3.63, 3.8) is 0 Å². The Kier molecular flexibility index (Phi) is 6.19. The highest BCUT2D eigenvalue weighted by Crippen LogP contribution is 2.34. The van der Waals surface area contributed by atoms with Crippen molar-refractivity contribution in [2.24, 2.45) is 5.92 Å². The van der Waals surface area contributed by atoms with E-state index in [4.69, 9.17) is 5.73 Å². The number of nitrogen functional groups attached to an aromatic ring is 1. The zero-order valence-electron chi connectivity index (χ0n) is 20.5. The van der Waals surface area contributed by atoms with Crippen molar-refractivity contribution < 1.29 is 9.18 Å². The molecule has 1 atom stereocenters. The SMILES string of the molecule is CC(C)[C@H]1CN(c2ccc(-c3cnc(N)c(-c4ccc5c(c4)CCNC5=O)c3)c(F)c2)CCN1C. The minimum absolute atomic E-state index is 0.0557. The Balaban J connectivity index is 1.44. The van der Waals surface area contributed by atoms with Crippen molar-refractivity contribution in [2.75, 3.05) is 43.9 Å². The second-order valence-electron chi connectivity index (χ2n) is 9.94. The minimum atomic E-state index is -0.276.